The van der Waals surface area contributed by atoms with Gasteiger partial charge in [-0.2, -0.15) is 0 Å². The third-order valence-corrected chi connectivity index (χ3v) is 8.22. The van der Waals surface area contributed by atoms with Gasteiger partial charge in [-0.05, 0) is 25.2 Å². The normalized spacial score (nSPS) is 28.3. The molecule has 1 aromatic rings. The van der Waals surface area contributed by atoms with Gasteiger partial charge in [0, 0.05) is 10.6 Å². The third kappa shape index (κ3) is 2.18. The zero-order valence-electron chi connectivity index (χ0n) is 12.0. The Bertz CT molecular complexity index is 432. The molecule has 0 radical (unpaired) electrons. The summed E-state index contributed by atoms with van der Waals surface area (Å²) >= 11 is 0. The van der Waals surface area contributed by atoms with Crippen LogP contribution >= 0.6 is 0 Å². The van der Waals surface area contributed by atoms with Crippen LogP contribution in [0.3, 0.4) is 0 Å². The fraction of sp³-hybridized carbons (Fsp3) is 0.562. The molecule has 0 unspecified atom stereocenters. The van der Waals surface area contributed by atoms with Crippen LogP contribution in [0.1, 0.15) is 36.5 Å². The van der Waals surface area contributed by atoms with Gasteiger partial charge in [0.2, 0.25) is 0 Å². The Morgan fingerprint density at radius 1 is 1.22 bits per heavy atom. The van der Waals surface area contributed by atoms with E-state index in [0.29, 0.717) is 11.7 Å². The van der Waals surface area contributed by atoms with Gasteiger partial charge in [-0.3, -0.25) is 4.79 Å². The van der Waals surface area contributed by atoms with E-state index in [-0.39, 0.29) is 5.04 Å². The lowest BCUT2D eigenvalue weighted by Crippen LogP contribution is -2.43. The summed E-state index contributed by atoms with van der Waals surface area (Å²) < 4.78 is 0. The topological polar surface area (TPSA) is 17.1 Å². The third-order valence-electron chi connectivity index (χ3n) is 4.67. The van der Waals surface area contributed by atoms with Crippen molar-refractivity contribution in [2.75, 3.05) is 0 Å². The zero-order chi connectivity index (χ0) is 13.4. The summed E-state index contributed by atoms with van der Waals surface area (Å²) in [5.41, 5.74) is 0.911. The lowest BCUT2D eigenvalue weighted by molar-refractivity contribution is 0.0926. The van der Waals surface area contributed by atoms with Crippen molar-refractivity contribution in [2.24, 2.45) is 5.92 Å². The Morgan fingerprint density at radius 3 is 2.28 bits per heavy atom. The number of Topliss-reactive ketones (excluding diaryl/α,β-unsaturated/α-hetero) is 1. The fourth-order valence-corrected chi connectivity index (χ4v) is 6.07. The molecule has 0 heterocycles. The van der Waals surface area contributed by atoms with Crippen LogP contribution in [0.2, 0.25) is 24.7 Å². The molecule has 1 aromatic carbocycles. The highest BCUT2D eigenvalue weighted by atomic mass is 28.3. The number of benzene rings is 1. The highest BCUT2D eigenvalue weighted by Gasteiger charge is 2.52. The summed E-state index contributed by atoms with van der Waals surface area (Å²) in [6.07, 6.45) is 3.40. The van der Waals surface area contributed by atoms with E-state index >= 15 is 0 Å². The lowest BCUT2D eigenvalue weighted by Gasteiger charge is -2.39. The molecule has 0 aromatic heterocycles. The van der Waals surface area contributed by atoms with E-state index in [1.54, 1.807) is 0 Å². The van der Waals surface area contributed by atoms with Crippen molar-refractivity contribution >= 4 is 13.9 Å². The van der Waals surface area contributed by atoms with Crippen LogP contribution in [-0.2, 0) is 0 Å². The maximum atomic E-state index is 13.0. The molecule has 1 saturated carbocycles. The summed E-state index contributed by atoms with van der Waals surface area (Å²) in [6, 6.07) is 9.89. The quantitative estimate of drug-likeness (QED) is 0.565. The minimum Gasteiger partial charge on any atom is -0.294 e. The molecule has 0 N–H and O–H groups in total. The van der Waals surface area contributed by atoms with Crippen molar-refractivity contribution in [1.82, 2.24) is 0 Å². The summed E-state index contributed by atoms with van der Waals surface area (Å²) in [6.45, 7) is 9.35. The van der Waals surface area contributed by atoms with E-state index in [9.17, 15) is 4.79 Å². The summed E-state index contributed by atoms with van der Waals surface area (Å²) in [5.74, 6) is 1.11. The van der Waals surface area contributed by atoms with Crippen LogP contribution in [0.4, 0.5) is 0 Å². The van der Waals surface area contributed by atoms with Crippen LogP contribution in [0.15, 0.2) is 30.3 Å². The van der Waals surface area contributed by atoms with Crippen molar-refractivity contribution in [2.45, 2.75) is 50.9 Å². The van der Waals surface area contributed by atoms with Crippen molar-refractivity contribution in [3.63, 3.8) is 0 Å². The molecule has 2 heteroatoms. The van der Waals surface area contributed by atoms with E-state index in [1.807, 2.05) is 30.3 Å². The smallest absolute Gasteiger partial charge is 0.166 e. The van der Waals surface area contributed by atoms with Gasteiger partial charge in [0.15, 0.2) is 5.78 Å². The van der Waals surface area contributed by atoms with Gasteiger partial charge in [-0.1, -0.05) is 56.9 Å². The molecule has 2 atom stereocenters. The average Bonchev–Trinajstić information content (AvgIpc) is 2.72. The molecule has 2 rings (SSSR count). The Kier molecular flexibility index (Phi) is 3.50. The Hall–Kier alpha value is -0.893. The number of hydrogen-bond acceptors (Lipinski definition) is 1. The van der Waals surface area contributed by atoms with Crippen molar-refractivity contribution in [3.8, 4) is 0 Å². The number of hydrogen-bond donors (Lipinski definition) is 0. The predicted octanol–water partition coefficient (Wildman–Crippen LogP) is 4.77. The van der Waals surface area contributed by atoms with Crippen LogP contribution in [0, 0.1) is 5.92 Å². The number of rotatable bonds is 3. The Morgan fingerprint density at radius 2 is 1.83 bits per heavy atom. The Balaban J connectivity index is 2.41. The van der Waals surface area contributed by atoms with Crippen LogP contribution in [0.25, 0.3) is 0 Å². The van der Waals surface area contributed by atoms with Gasteiger partial charge in [0.05, 0.1) is 8.07 Å². The maximum absolute atomic E-state index is 13.0. The molecule has 1 nitrogen and oxygen atoms in total. The second-order valence-electron chi connectivity index (χ2n) is 6.88. The molecule has 18 heavy (non-hydrogen) atoms. The first-order chi connectivity index (χ1) is 8.37. The minimum atomic E-state index is -1.51. The monoisotopic (exact) mass is 260 g/mol. The second kappa shape index (κ2) is 4.65. The first kappa shape index (κ1) is 13.5. The van der Waals surface area contributed by atoms with E-state index in [0.717, 1.165) is 18.4 Å². The summed E-state index contributed by atoms with van der Waals surface area (Å²) in [7, 11) is -1.51. The number of carbonyl (C=O) groups is 1. The second-order valence-corrected chi connectivity index (χ2v) is 12.3. The van der Waals surface area contributed by atoms with Gasteiger partial charge in [0.25, 0.3) is 0 Å². The molecule has 1 fully saturated rings. The lowest BCUT2D eigenvalue weighted by atomic mass is 9.94. The summed E-state index contributed by atoms with van der Waals surface area (Å²) in [5, 5.41) is -0.0340. The molecule has 98 valence electrons. The molecule has 1 aliphatic rings. The maximum Gasteiger partial charge on any atom is 0.166 e. The first-order valence-corrected chi connectivity index (χ1v) is 10.5. The van der Waals surface area contributed by atoms with Gasteiger partial charge in [0.1, 0.15) is 0 Å². The predicted molar refractivity (Wildman–Crippen MR) is 79.8 cm³/mol. The standard InChI is InChI=1S/C16H24OSi/c1-13-10-11-16(12-13,18(2,3)4)15(17)14-8-6-5-7-9-14/h5-9,13H,10-12H2,1-4H3/t13-,16+/m0/s1. The van der Waals surface area contributed by atoms with E-state index in [2.05, 4.69) is 26.6 Å². The van der Waals surface area contributed by atoms with Crippen molar-refractivity contribution in [3.05, 3.63) is 35.9 Å². The largest absolute Gasteiger partial charge is 0.294 e. The molecular weight excluding hydrogens is 236 g/mol. The molecule has 0 spiro atoms. The van der Waals surface area contributed by atoms with E-state index in [4.69, 9.17) is 0 Å². The molecule has 0 aliphatic heterocycles. The van der Waals surface area contributed by atoms with Crippen molar-refractivity contribution < 1.29 is 4.79 Å². The highest BCUT2D eigenvalue weighted by molar-refractivity contribution is 6.83. The number of ketones is 1. The van der Waals surface area contributed by atoms with Gasteiger partial charge in [-0.25, -0.2) is 0 Å². The molecule has 0 saturated heterocycles. The zero-order valence-corrected chi connectivity index (χ0v) is 13.0. The van der Waals surface area contributed by atoms with Gasteiger partial charge in [-0.15, -0.1) is 0 Å². The fourth-order valence-electron chi connectivity index (χ4n) is 3.39. The molecular formula is C16H24OSi. The van der Waals surface area contributed by atoms with Gasteiger partial charge >= 0.3 is 0 Å². The SMILES string of the molecule is C[C@H]1CC[C@@](C(=O)c2ccccc2)([Si](C)(C)C)C1. The van der Waals surface area contributed by atoms with E-state index in [1.165, 1.54) is 6.42 Å². The first-order valence-electron chi connectivity index (χ1n) is 6.97. The molecule has 0 amide bonds. The highest BCUT2D eigenvalue weighted by Crippen LogP contribution is 2.56. The van der Waals surface area contributed by atoms with E-state index < -0.39 is 8.07 Å². The minimum absolute atomic E-state index is 0.0340. The average molecular weight is 260 g/mol. The van der Waals surface area contributed by atoms with Crippen LogP contribution < -0.4 is 0 Å². The van der Waals surface area contributed by atoms with Crippen LogP contribution in [-0.4, -0.2) is 13.9 Å². The van der Waals surface area contributed by atoms with Crippen LogP contribution in [0.5, 0.6) is 0 Å². The summed E-state index contributed by atoms with van der Waals surface area (Å²) in [4.78, 5) is 13.0. The molecule has 0 bridgehead atoms. The number of carbonyl (C=O) groups excluding carboxylic acids is 1. The molecule has 1 aliphatic carbocycles. The van der Waals surface area contributed by atoms with Crippen molar-refractivity contribution in [1.29, 1.82) is 0 Å². The van der Waals surface area contributed by atoms with Gasteiger partial charge < -0.3 is 0 Å². The Labute approximate surface area is 112 Å².